The van der Waals surface area contributed by atoms with Gasteiger partial charge in [0.1, 0.15) is 5.69 Å². The molecule has 4 heteroatoms. The molecule has 1 atom stereocenters. The monoisotopic (exact) mass is 289 g/mol. The average Bonchev–Trinajstić information content (AvgIpc) is 2.73. The Labute approximate surface area is 127 Å². The van der Waals surface area contributed by atoms with Crippen LogP contribution in [0.15, 0.2) is 18.3 Å². The Kier molecular flexibility index (Phi) is 5.59. The van der Waals surface area contributed by atoms with Crippen molar-refractivity contribution >= 4 is 11.6 Å². The van der Waals surface area contributed by atoms with E-state index >= 15 is 0 Å². The molecule has 0 spiro atoms. The van der Waals surface area contributed by atoms with Crippen LogP contribution in [0.1, 0.15) is 50.5 Å². The molecule has 1 N–H and O–H groups in total. The van der Waals surface area contributed by atoms with Gasteiger partial charge in [-0.3, -0.25) is 9.78 Å². The van der Waals surface area contributed by atoms with Crippen molar-refractivity contribution in [3.63, 3.8) is 0 Å². The minimum atomic E-state index is 0.0687. The van der Waals surface area contributed by atoms with Crippen molar-refractivity contribution in [2.24, 2.45) is 11.8 Å². The number of anilines is 1. The second-order valence-corrected chi connectivity index (χ2v) is 6.19. The molecule has 1 fully saturated rings. The largest absolute Gasteiger partial charge is 0.385 e. The molecule has 1 amide bonds. The first kappa shape index (κ1) is 15.8. The number of nitrogens with zero attached hydrogens (tertiary/aromatic N) is 2. The number of rotatable bonds is 4. The second kappa shape index (κ2) is 7.43. The summed E-state index contributed by atoms with van der Waals surface area (Å²) in [5.41, 5.74) is 1.52. The van der Waals surface area contributed by atoms with Crippen molar-refractivity contribution in [3.05, 3.63) is 24.0 Å². The van der Waals surface area contributed by atoms with Gasteiger partial charge in [-0.05, 0) is 50.2 Å². The Hall–Kier alpha value is -1.58. The first-order valence-electron chi connectivity index (χ1n) is 8.11. The predicted molar refractivity (Wildman–Crippen MR) is 86.5 cm³/mol. The zero-order valence-electron chi connectivity index (χ0n) is 13.4. The lowest BCUT2D eigenvalue weighted by Crippen LogP contribution is -2.32. The quantitative estimate of drug-likeness (QED) is 0.924. The third kappa shape index (κ3) is 4.19. The molecule has 1 aliphatic heterocycles. The summed E-state index contributed by atoms with van der Waals surface area (Å²) in [5.74, 6) is 1.51. The number of carbonyl (C=O) groups excluding carboxylic acids is 1. The van der Waals surface area contributed by atoms with Crippen molar-refractivity contribution < 1.29 is 4.79 Å². The van der Waals surface area contributed by atoms with Gasteiger partial charge in [-0.2, -0.15) is 0 Å². The molecule has 0 radical (unpaired) electrons. The smallest absolute Gasteiger partial charge is 0.272 e. The highest BCUT2D eigenvalue weighted by Gasteiger charge is 2.23. The number of carbonyl (C=O) groups is 1. The number of nitrogens with one attached hydrogen (secondary N) is 1. The Balaban J connectivity index is 2.04. The SMILES string of the molecule is CCNc1ccnc(C(=O)N2CCCC(C(C)C)CC2)c1. The van der Waals surface area contributed by atoms with Gasteiger partial charge in [0.05, 0.1) is 0 Å². The molecular formula is C17H27N3O. The summed E-state index contributed by atoms with van der Waals surface area (Å²) >= 11 is 0. The van der Waals surface area contributed by atoms with Crippen molar-refractivity contribution in [3.8, 4) is 0 Å². The number of hydrogen-bond acceptors (Lipinski definition) is 3. The van der Waals surface area contributed by atoms with Crippen molar-refractivity contribution in [2.75, 3.05) is 25.0 Å². The van der Waals surface area contributed by atoms with Crippen LogP contribution < -0.4 is 5.32 Å². The van der Waals surface area contributed by atoms with E-state index in [0.717, 1.165) is 44.1 Å². The zero-order valence-corrected chi connectivity index (χ0v) is 13.4. The highest BCUT2D eigenvalue weighted by molar-refractivity contribution is 5.93. The Bertz CT molecular complexity index is 473. The highest BCUT2D eigenvalue weighted by atomic mass is 16.2. The van der Waals surface area contributed by atoms with E-state index in [1.807, 2.05) is 24.0 Å². The fourth-order valence-electron chi connectivity index (χ4n) is 3.02. The van der Waals surface area contributed by atoms with E-state index < -0.39 is 0 Å². The van der Waals surface area contributed by atoms with Crippen LogP contribution >= 0.6 is 0 Å². The van der Waals surface area contributed by atoms with E-state index in [1.54, 1.807) is 6.20 Å². The molecule has 1 aromatic heterocycles. The third-order valence-corrected chi connectivity index (χ3v) is 4.36. The summed E-state index contributed by atoms with van der Waals surface area (Å²) in [6, 6.07) is 3.76. The molecule has 4 nitrogen and oxygen atoms in total. The van der Waals surface area contributed by atoms with Gasteiger partial charge in [0.2, 0.25) is 0 Å². The molecule has 1 saturated heterocycles. The van der Waals surface area contributed by atoms with Crippen molar-refractivity contribution in [1.82, 2.24) is 9.88 Å². The summed E-state index contributed by atoms with van der Waals surface area (Å²) in [7, 11) is 0. The number of likely N-dealkylation sites (tertiary alicyclic amines) is 1. The predicted octanol–water partition coefficient (Wildman–Crippen LogP) is 3.41. The molecule has 0 saturated carbocycles. The van der Waals surface area contributed by atoms with E-state index in [2.05, 4.69) is 24.1 Å². The Morgan fingerprint density at radius 3 is 2.95 bits per heavy atom. The van der Waals surface area contributed by atoms with Gasteiger partial charge in [0, 0.05) is 31.5 Å². The molecule has 2 heterocycles. The number of aromatic nitrogens is 1. The number of pyridine rings is 1. The van der Waals surface area contributed by atoms with Gasteiger partial charge in [0.15, 0.2) is 0 Å². The maximum Gasteiger partial charge on any atom is 0.272 e. The first-order valence-corrected chi connectivity index (χ1v) is 8.11. The number of hydrogen-bond donors (Lipinski definition) is 1. The van der Waals surface area contributed by atoms with Gasteiger partial charge >= 0.3 is 0 Å². The van der Waals surface area contributed by atoms with Crippen LogP contribution in [0.2, 0.25) is 0 Å². The van der Waals surface area contributed by atoms with E-state index in [1.165, 1.54) is 6.42 Å². The molecule has 0 aliphatic carbocycles. The Morgan fingerprint density at radius 2 is 2.24 bits per heavy atom. The lowest BCUT2D eigenvalue weighted by molar-refractivity contribution is 0.0753. The summed E-state index contributed by atoms with van der Waals surface area (Å²) in [6.07, 6.45) is 5.14. The van der Waals surface area contributed by atoms with E-state index in [0.29, 0.717) is 11.6 Å². The minimum absolute atomic E-state index is 0.0687. The lowest BCUT2D eigenvalue weighted by Gasteiger charge is -2.21. The molecule has 116 valence electrons. The van der Waals surface area contributed by atoms with Gasteiger partial charge in [-0.25, -0.2) is 0 Å². The van der Waals surface area contributed by atoms with E-state index in [-0.39, 0.29) is 5.91 Å². The average molecular weight is 289 g/mol. The summed E-state index contributed by atoms with van der Waals surface area (Å²) in [5, 5.41) is 3.23. The van der Waals surface area contributed by atoms with E-state index in [9.17, 15) is 4.79 Å². The number of amides is 1. The van der Waals surface area contributed by atoms with Gasteiger partial charge in [0.25, 0.3) is 5.91 Å². The molecule has 2 rings (SSSR count). The third-order valence-electron chi connectivity index (χ3n) is 4.36. The van der Waals surface area contributed by atoms with Crippen LogP contribution in [0.3, 0.4) is 0 Å². The molecule has 21 heavy (non-hydrogen) atoms. The zero-order chi connectivity index (χ0) is 15.2. The van der Waals surface area contributed by atoms with Crippen LogP contribution in [0.4, 0.5) is 5.69 Å². The highest BCUT2D eigenvalue weighted by Crippen LogP contribution is 2.25. The Morgan fingerprint density at radius 1 is 1.43 bits per heavy atom. The van der Waals surface area contributed by atoms with Crippen LogP contribution in [-0.4, -0.2) is 35.4 Å². The summed E-state index contributed by atoms with van der Waals surface area (Å²) in [4.78, 5) is 18.8. The van der Waals surface area contributed by atoms with Crippen molar-refractivity contribution in [1.29, 1.82) is 0 Å². The normalized spacial score (nSPS) is 19.4. The molecule has 0 aromatic carbocycles. The second-order valence-electron chi connectivity index (χ2n) is 6.19. The molecule has 1 unspecified atom stereocenters. The fourth-order valence-corrected chi connectivity index (χ4v) is 3.02. The van der Waals surface area contributed by atoms with Gasteiger partial charge in [-0.1, -0.05) is 13.8 Å². The summed E-state index contributed by atoms with van der Waals surface area (Å²) < 4.78 is 0. The standard InChI is InChI=1S/C17H27N3O/c1-4-18-15-7-9-19-16(12-15)17(21)20-10-5-6-14(8-11-20)13(2)3/h7,9,12-14H,4-6,8,10-11H2,1-3H3,(H,18,19). The topological polar surface area (TPSA) is 45.2 Å². The lowest BCUT2D eigenvalue weighted by atomic mass is 9.89. The van der Waals surface area contributed by atoms with Crippen molar-refractivity contribution in [2.45, 2.75) is 40.0 Å². The molecule has 1 aliphatic rings. The molecular weight excluding hydrogens is 262 g/mol. The first-order chi connectivity index (χ1) is 10.1. The molecule has 1 aromatic rings. The van der Waals surface area contributed by atoms with Crippen LogP contribution in [0.5, 0.6) is 0 Å². The van der Waals surface area contributed by atoms with Gasteiger partial charge < -0.3 is 10.2 Å². The maximum absolute atomic E-state index is 12.6. The summed E-state index contributed by atoms with van der Waals surface area (Å²) in [6.45, 7) is 9.16. The van der Waals surface area contributed by atoms with E-state index in [4.69, 9.17) is 0 Å². The van der Waals surface area contributed by atoms with Crippen LogP contribution in [-0.2, 0) is 0 Å². The maximum atomic E-state index is 12.6. The molecule has 0 bridgehead atoms. The van der Waals surface area contributed by atoms with Crippen LogP contribution in [0.25, 0.3) is 0 Å². The van der Waals surface area contributed by atoms with Gasteiger partial charge in [-0.15, -0.1) is 0 Å². The minimum Gasteiger partial charge on any atom is -0.385 e. The van der Waals surface area contributed by atoms with Crippen LogP contribution in [0, 0.1) is 11.8 Å². The fraction of sp³-hybridized carbons (Fsp3) is 0.647.